The van der Waals surface area contributed by atoms with Crippen molar-refractivity contribution in [2.24, 2.45) is 0 Å². The Morgan fingerprint density at radius 3 is 1.66 bits per heavy atom. The number of hydrogen-bond donors (Lipinski definition) is 0. The first-order chi connectivity index (χ1) is 18.5. The fourth-order valence-corrected chi connectivity index (χ4v) is 4.34. The summed E-state index contributed by atoms with van der Waals surface area (Å²) in [6.45, 7) is 7.65. The molecule has 7 nitrogen and oxygen atoms in total. The average molecular weight is 564 g/mol. The highest BCUT2D eigenvalue weighted by atomic mass is 35.5. The van der Waals surface area contributed by atoms with Crippen molar-refractivity contribution >= 4 is 23.5 Å². The van der Waals surface area contributed by atoms with Gasteiger partial charge in [-0.25, -0.2) is 0 Å². The van der Waals surface area contributed by atoms with Crippen molar-refractivity contribution in [1.82, 2.24) is 4.90 Å². The molecule has 38 heavy (non-hydrogen) atoms. The first-order valence-electron chi connectivity index (χ1n) is 15.3. The predicted molar refractivity (Wildman–Crippen MR) is 156 cm³/mol. The molecule has 0 aliphatic rings. The van der Waals surface area contributed by atoms with Gasteiger partial charge in [0.2, 0.25) is 0 Å². The Morgan fingerprint density at radius 1 is 0.684 bits per heavy atom. The average Bonchev–Trinajstić information content (AvgIpc) is 2.89. The summed E-state index contributed by atoms with van der Waals surface area (Å²) in [5.41, 5.74) is 0. The quantitative estimate of drug-likeness (QED) is 0.0555. The number of unbranched alkanes of at least 4 members (excludes halogenated alkanes) is 12. The third kappa shape index (κ3) is 26.7. The maximum absolute atomic E-state index is 12.0. The van der Waals surface area contributed by atoms with Crippen LogP contribution in [-0.2, 0) is 28.5 Å². The maximum Gasteiger partial charge on any atom is 0.308 e. The van der Waals surface area contributed by atoms with E-state index in [4.69, 9.17) is 30.5 Å². The largest absolute Gasteiger partial charge is 0.466 e. The smallest absolute Gasteiger partial charge is 0.308 e. The van der Waals surface area contributed by atoms with Crippen LogP contribution in [0.1, 0.15) is 117 Å². The topological polar surface area (TPSA) is 74.3 Å². The van der Waals surface area contributed by atoms with E-state index in [2.05, 4.69) is 18.7 Å². The first-order valence-corrected chi connectivity index (χ1v) is 15.8. The minimum Gasteiger partial charge on any atom is -0.466 e. The lowest BCUT2D eigenvalue weighted by Crippen LogP contribution is -2.36. The predicted octanol–water partition coefficient (Wildman–Crippen LogP) is 6.93. The van der Waals surface area contributed by atoms with Gasteiger partial charge in [0, 0.05) is 19.0 Å². The van der Waals surface area contributed by atoms with Gasteiger partial charge in [0.25, 0.3) is 0 Å². The standard InChI is InChI=1S/C30H58ClNO6/c1-4-6-8-10-12-14-16-22-37-29(33)18-24-35-27-28(26-32(3)21-20-31)36-25-19-30(34)38-23-17-15-13-11-9-7-5-2/h28H,4-27H2,1-3H3. The Kier molecular flexibility index (Phi) is 28.4. The van der Waals surface area contributed by atoms with Gasteiger partial charge in [0.15, 0.2) is 0 Å². The van der Waals surface area contributed by atoms with Gasteiger partial charge in [0.1, 0.15) is 0 Å². The van der Waals surface area contributed by atoms with E-state index in [1.807, 2.05) is 7.05 Å². The lowest BCUT2D eigenvalue weighted by atomic mass is 10.1. The molecule has 1 atom stereocenters. The number of nitrogens with zero attached hydrogens (tertiary/aromatic N) is 1. The van der Waals surface area contributed by atoms with Crippen LogP contribution in [0, 0.1) is 0 Å². The first kappa shape index (κ1) is 37.1. The molecule has 0 heterocycles. The molecule has 0 bridgehead atoms. The van der Waals surface area contributed by atoms with Crippen molar-refractivity contribution in [3.63, 3.8) is 0 Å². The molecule has 0 aromatic rings. The van der Waals surface area contributed by atoms with Gasteiger partial charge in [-0.2, -0.15) is 0 Å². The Hall–Kier alpha value is -0.890. The molecular formula is C30H58ClNO6. The summed E-state index contributed by atoms with van der Waals surface area (Å²) in [6.07, 6.45) is 16.9. The fourth-order valence-electron chi connectivity index (χ4n) is 4.05. The molecule has 0 aromatic heterocycles. The number of ether oxygens (including phenoxy) is 4. The molecule has 0 saturated heterocycles. The number of carbonyl (C=O) groups is 2. The van der Waals surface area contributed by atoms with Gasteiger partial charge >= 0.3 is 11.9 Å². The number of esters is 2. The molecule has 0 amide bonds. The van der Waals surface area contributed by atoms with E-state index in [9.17, 15) is 9.59 Å². The van der Waals surface area contributed by atoms with E-state index in [1.165, 1.54) is 64.2 Å². The molecule has 0 aromatic carbocycles. The molecule has 226 valence electrons. The summed E-state index contributed by atoms with van der Waals surface area (Å²) >= 11 is 5.85. The van der Waals surface area contributed by atoms with E-state index < -0.39 is 0 Å². The summed E-state index contributed by atoms with van der Waals surface area (Å²) in [5, 5.41) is 0. The van der Waals surface area contributed by atoms with Crippen molar-refractivity contribution in [2.45, 2.75) is 123 Å². The number of rotatable bonds is 29. The number of halogens is 1. The summed E-state index contributed by atoms with van der Waals surface area (Å²) in [6, 6.07) is 0. The molecule has 0 spiro atoms. The van der Waals surface area contributed by atoms with Crippen LogP contribution in [0.5, 0.6) is 0 Å². The third-order valence-electron chi connectivity index (χ3n) is 6.42. The number of hydrogen-bond acceptors (Lipinski definition) is 7. The summed E-state index contributed by atoms with van der Waals surface area (Å²) in [4.78, 5) is 26.0. The monoisotopic (exact) mass is 563 g/mol. The van der Waals surface area contributed by atoms with Gasteiger partial charge in [-0.05, 0) is 19.9 Å². The molecule has 0 aliphatic carbocycles. The van der Waals surface area contributed by atoms with Crippen molar-refractivity contribution < 1.29 is 28.5 Å². The van der Waals surface area contributed by atoms with E-state index in [0.29, 0.717) is 32.2 Å². The number of likely N-dealkylation sites (N-methyl/N-ethyl adjacent to an activating group) is 1. The number of alkyl halides is 1. The Balaban J connectivity index is 3.99. The van der Waals surface area contributed by atoms with Crippen LogP contribution in [0.25, 0.3) is 0 Å². The van der Waals surface area contributed by atoms with Crippen LogP contribution in [0.15, 0.2) is 0 Å². The van der Waals surface area contributed by atoms with Crippen molar-refractivity contribution in [3.05, 3.63) is 0 Å². The van der Waals surface area contributed by atoms with E-state index in [0.717, 1.165) is 32.2 Å². The molecule has 0 rings (SSSR count). The minimum atomic E-state index is -0.228. The highest BCUT2D eigenvalue weighted by Gasteiger charge is 2.15. The van der Waals surface area contributed by atoms with Crippen LogP contribution in [0.3, 0.4) is 0 Å². The zero-order valence-electron chi connectivity index (χ0n) is 24.8. The van der Waals surface area contributed by atoms with Crippen LogP contribution in [0.2, 0.25) is 0 Å². The maximum atomic E-state index is 12.0. The SMILES string of the molecule is CCCCCCCCCOC(=O)CCOCC(CN(C)CCCl)OCCC(=O)OCCCCCCCCC. The van der Waals surface area contributed by atoms with Crippen LogP contribution in [-0.4, -0.2) is 82.0 Å². The molecule has 0 saturated carbocycles. The lowest BCUT2D eigenvalue weighted by molar-refractivity contribution is -0.147. The van der Waals surface area contributed by atoms with Gasteiger partial charge < -0.3 is 23.8 Å². The zero-order valence-corrected chi connectivity index (χ0v) is 25.6. The van der Waals surface area contributed by atoms with Crippen LogP contribution >= 0.6 is 11.6 Å². The summed E-state index contributed by atoms with van der Waals surface area (Å²) in [7, 11) is 1.97. The van der Waals surface area contributed by atoms with Crippen molar-refractivity contribution in [1.29, 1.82) is 0 Å². The third-order valence-corrected chi connectivity index (χ3v) is 6.59. The second kappa shape index (κ2) is 29.1. The highest BCUT2D eigenvalue weighted by molar-refractivity contribution is 6.18. The number of carbonyl (C=O) groups excluding carboxylic acids is 2. The molecule has 0 fully saturated rings. The molecule has 1 unspecified atom stereocenters. The van der Waals surface area contributed by atoms with E-state index >= 15 is 0 Å². The van der Waals surface area contributed by atoms with Gasteiger partial charge in [-0.15, -0.1) is 11.6 Å². The molecule has 0 radical (unpaired) electrons. The Labute approximate surface area is 238 Å². The molecular weight excluding hydrogens is 506 g/mol. The molecule has 8 heteroatoms. The Morgan fingerprint density at radius 2 is 1.16 bits per heavy atom. The van der Waals surface area contributed by atoms with Crippen LogP contribution in [0.4, 0.5) is 0 Å². The zero-order chi connectivity index (χ0) is 28.1. The van der Waals surface area contributed by atoms with Gasteiger partial charge in [-0.1, -0.05) is 90.9 Å². The van der Waals surface area contributed by atoms with Crippen LogP contribution < -0.4 is 0 Å². The van der Waals surface area contributed by atoms with E-state index in [-0.39, 0.29) is 44.1 Å². The molecule has 0 N–H and O–H groups in total. The highest BCUT2D eigenvalue weighted by Crippen LogP contribution is 2.08. The second-order valence-corrected chi connectivity index (χ2v) is 10.6. The Bertz CT molecular complexity index is 537. The van der Waals surface area contributed by atoms with Crippen molar-refractivity contribution in [3.8, 4) is 0 Å². The molecule has 0 aliphatic heterocycles. The van der Waals surface area contributed by atoms with Gasteiger partial charge in [0.05, 0.1) is 52.0 Å². The van der Waals surface area contributed by atoms with Crippen molar-refractivity contribution in [2.75, 3.05) is 59.1 Å². The second-order valence-electron chi connectivity index (χ2n) is 10.2. The minimum absolute atomic E-state index is 0.219. The summed E-state index contributed by atoms with van der Waals surface area (Å²) in [5.74, 6) is 0.0736. The normalized spacial score (nSPS) is 12.1. The lowest BCUT2D eigenvalue weighted by Gasteiger charge is -2.23. The summed E-state index contributed by atoms with van der Waals surface area (Å²) < 4.78 is 22.3. The fraction of sp³-hybridized carbons (Fsp3) is 0.933. The van der Waals surface area contributed by atoms with Gasteiger partial charge in [-0.3, -0.25) is 9.59 Å². The van der Waals surface area contributed by atoms with E-state index in [1.54, 1.807) is 0 Å².